The fourth-order valence-electron chi connectivity index (χ4n) is 3.82. The topological polar surface area (TPSA) is 83.8 Å². The number of ether oxygens (including phenoxy) is 1. The molecule has 0 aliphatic heterocycles. The molecule has 0 amide bonds. The molecule has 2 N–H and O–H groups in total. The summed E-state index contributed by atoms with van der Waals surface area (Å²) in [5, 5.41) is 20.6. The van der Waals surface area contributed by atoms with Crippen molar-refractivity contribution in [1.82, 2.24) is 0 Å². The zero-order valence-electron chi connectivity index (χ0n) is 17.3. The zero-order chi connectivity index (χ0) is 20.3. The third-order valence-electron chi connectivity index (χ3n) is 5.59. The minimum Gasteiger partial charge on any atom is -0.469 e. The van der Waals surface area contributed by atoms with Crippen LogP contribution in [0.2, 0.25) is 0 Å². The molecule has 4 atom stereocenters. The van der Waals surface area contributed by atoms with Gasteiger partial charge >= 0.3 is 5.97 Å². The van der Waals surface area contributed by atoms with E-state index in [4.69, 9.17) is 0 Å². The van der Waals surface area contributed by atoms with Crippen LogP contribution in [0.1, 0.15) is 84.5 Å². The molecule has 27 heavy (non-hydrogen) atoms. The van der Waals surface area contributed by atoms with Crippen molar-refractivity contribution in [1.29, 1.82) is 0 Å². The number of ketones is 1. The molecule has 0 heterocycles. The fraction of sp³-hybridized carbons (Fsp3) is 0.818. The van der Waals surface area contributed by atoms with Crippen molar-refractivity contribution >= 4 is 11.8 Å². The van der Waals surface area contributed by atoms with Gasteiger partial charge in [0, 0.05) is 24.7 Å². The Balaban J connectivity index is 2.42. The second kappa shape index (κ2) is 12.3. The highest BCUT2D eigenvalue weighted by Crippen LogP contribution is 2.34. The van der Waals surface area contributed by atoms with Gasteiger partial charge in [0.1, 0.15) is 5.78 Å². The maximum atomic E-state index is 12.2. The number of carbonyl (C=O) groups excluding carboxylic acids is 2. The van der Waals surface area contributed by atoms with Gasteiger partial charge in [-0.25, -0.2) is 0 Å². The maximum absolute atomic E-state index is 12.2. The number of aliphatic hydroxyl groups excluding tert-OH is 1. The van der Waals surface area contributed by atoms with Gasteiger partial charge in [0.15, 0.2) is 0 Å². The van der Waals surface area contributed by atoms with Crippen LogP contribution in [0.25, 0.3) is 0 Å². The van der Waals surface area contributed by atoms with E-state index in [2.05, 4.69) is 11.7 Å². The second-order valence-electron chi connectivity index (χ2n) is 8.18. The van der Waals surface area contributed by atoms with Crippen LogP contribution in [-0.4, -0.2) is 40.8 Å². The SMILES string of the molecule is CCCCC(C)(O)C/C=C/[C@H]1[C@H](O)CC(=O)[C@H]1CCCCCCC(=O)OC. The summed E-state index contributed by atoms with van der Waals surface area (Å²) in [6, 6.07) is 0. The quantitative estimate of drug-likeness (QED) is 0.286. The van der Waals surface area contributed by atoms with E-state index in [1.54, 1.807) is 0 Å². The Bertz CT molecular complexity index is 483. The molecule has 0 saturated heterocycles. The lowest BCUT2D eigenvalue weighted by atomic mass is 9.87. The van der Waals surface area contributed by atoms with Crippen molar-refractivity contribution in [2.45, 2.75) is 96.2 Å². The second-order valence-corrected chi connectivity index (χ2v) is 8.18. The van der Waals surface area contributed by atoms with E-state index in [0.29, 0.717) is 12.8 Å². The first-order valence-corrected chi connectivity index (χ1v) is 10.5. The van der Waals surface area contributed by atoms with Crippen LogP contribution in [0.4, 0.5) is 0 Å². The zero-order valence-corrected chi connectivity index (χ0v) is 17.3. The Morgan fingerprint density at radius 1 is 1.26 bits per heavy atom. The Hall–Kier alpha value is -1.20. The lowest BCUT2D eigenvalue weighted by molar-refractivity contribution is -0.140. The maximum Gasteiger partial charge on any atom is 0.305 e. The van der Waals surface area contributed by atoms with E-state index in [-0.39, 0.29) is 30.0 Å². The van der Waals surface area contributed by atoms with Crippen molar-refractivity contribution in [3.63, 3.8) is 0 Å². The summed E-state index contributed by atoms with van der Waals surface area (Å²) in [5.74, 6) is -0.305. The van der Waals surface area contributed by atoms with Gasteiger partial charge in [-0.05, 0) is 32.6 Å². The average molecular weight is 383 g/mol. The number of unbranched alkanes of at least 4 members (excludes halogenated alkanes) is 4. The molecule has 156 valence electrons. The Morgan fingerprint density at radius 3 is 2.63 bits per heavy atom. The highest BCUT2D eigenvalue weighted by atomic mass is 16.5. The number of methoxy groups -OCH3 is 1. The molecule has 0 spiro atoms. The van der Waals surface area contributed by atoms with Crippen molar-refractivity contribution in [3.05, 3.63) is 12.2 Å². The molecule has 5 heteroatoms. The molecular formula is C22H38O5. The van der Waals surface area contributed by atoms with Gasteiger partial charge in [0.25, 0.3) is 0 Å². The molecule has 0 aromatic rings. The van der Waals surface area contributed by atoms with Crippen LogP contribution in [0, 0.1) is 11.8 Å². The molecule has 1 aliphatic rings. The van der Waals surface area contributed by atoms with E-state index in [1.165, 1.54) is 7.11 Å². The number of hydrogen-bond acceptors (Lipinski definition) is 5. The molecule has 1 fully saturated rings. The van der Waals surface area contributed by atoms with Gasteiger partial charge in [-0.1, -0.05) is 51.2 Å². The molecule has 0 bridgehead atoms. The van der Waals surface area contributed by atoms with E-state index < -0.39 is 11.7 Å². The summed E-state index contributed by atoms with van der Waals surface area (Å²) in [5.41, 5.74) is -0.727. The first-order valence-electron chi connectivity index (χ1n) is 10.5. The number of aliphatic hydroxyl groups is 2. The van der Waals surface area contributed by atoms with E-state index in [1.807, 2.05) is 19.1 Å². The number of hydrogen-bond donors (Lipinski definition) is 2. The summed E-state index contributed by atoms with van der Waals surface area (Å²) in [4.78, 5) is 23.3. The third-order valence-corrected chi connectivity index (χ3v) is 5.59. The summed E-state index contributed by atoms with van der Waals surface area (Å²) in [7, 11) is 1.40. The number of Topliss-reactive ketones (excluding diaryl/α,β-unsaturated/α-hetero) is 1. The van der Waals surface area contributed by atoms with Gasteiger partial charge in [-0.3, -0.25) is 9.59 Å². The van der Waals surface area contributed by atoms with Gasteiger partial charge < -0.3 is 14.9 Å². The first kappa shape index (κ1) is 23.8. The van der Waals surface area contributed by atoms with Gasteiger partial charge in [0.05, 0.1) is 18.8 Å². The first-order chi connectivity index (χ1) is 12.8. The number of esters is 1. The molecule has 1 rings (SSSR count). The van der Waals surface area contributed by atoms with Crippen LogP contribution < -0.4 is 0 Å². The monoisotopic (exact) mass is 382 g/mol. The van der Waals surface area contributed by atoms with Crippen molar-refractivity contribution < 1.29 is 24.5 Å². The van der Waals surface area contributed by atoms with Crippen LogP contribution in [0.3, 0.4) is 0 Å². The summed E-state index contributed by atoms with van der Waals surface area (Å²) in [6.07, 6.45) is 11.7. The Kier molecular flexibility index (Phi) is 10.9. The molecule has 1 saturated carbocycles. The summed E-state index contributed by atoms with van der Waals surface area (Å²) in [6.45, 7) is 3.95. The highest BCUT2D eigenvalue weighted by Gasteiger charge is 2.39. The lowest BCUT2D eigenvalue weighted by Crippen LogP contribution is -2.23. The summed E-state index contributed by atoms with van der Waals surface area (Å²) >= 11 is 0. The van der Waals surface area contributed by atoms with Crippen molar-refractivity contribution in [2.75, 3.05) is 7.11 Å². The van der Waals surface area contributed by atoms with E-state index in [9.17, 15) is 19.8 Å². The average Bonchev–Trinajstić information content (AvgIpc) is 2.89. The van der Waals surface area contributed by atoms with Gasteiger partial charge in [-0.15, -0.1) is 0 Å². The molecule has 0 aromatic carbocycles. The van der Waals surface area contributed by atoms with Crippen molar-refractivity contribution in [2.24, 2.45) is 11.8 Å². The minimum atomic E-state index is -0.727. The minimum absolute atomic E-state index is 0.127. The molecule has 5 nitrogen and oxygen atoms in total. The third kappa shape index (κ3) is 9.02. The van der Waals surface area contributed by atoms with E-state index >= 15 is 0 Å². The Morgan fingerprint density at radius 2 is 1.96 bits per heavy atom. The molecule has 0 aromatic heterocycles. The van der Waals surface area contributed by atoms with Gasteiger partial charge in [-0.2, -0.15) is 0 Å². The lowest BCUT2D eigenvalue weighted by Gasteiger charge is -2.22. The summed E-state index contributed by atoms with van der Waals surface area (Å²) < 4.78 is 4.62. The highest BCUT2D eigenvalue weighted by molar-refractivity contribution is 5.84. The number of carbonyl (C=O) groups is 2. The predicted octanol–water partition coefficient (Wildman–Crippen LogP) is 3.95. The largest absolute Gasteiger partial charge is 0.469 e. The molecule has 1 unspecified atom stereocenters. The molecule has 0 radical (unpaired) electrons. The van der Waals surface area contributed by atoms with Crippen LogP contribution in [-0.2, 0) is 14.3 Å². The van der Waals surface area contributed by atoms with Crippen molar-refractivity contribution in [3.8, 4) is 0 Å². The van der Waals surface area contributed by atoms with Gasteiger partial charge in [0.2, 0.25) is 0 Å². The molecule has 1 aliphatic carbocycles. The van der Waals surface area contributed by atoms with Crippen LogP contribution in [0.5, 0.6) is 0 Å². The van der Waals surface area contributed by atoms with Crippen LogP contribution >= 0.6 is 0 Å². The normalized spacial score (nSPS) is 25.1. The molecular weight excluding hydrogens is 344 g/mol. The fourth-order valence-corrected chi connectivity index (χ4v) is 3.82. The smallest absolute Gasteiger partial charge is 0.305 e. The van der Waals surface area contributed by atoms with E-state index in [0.717, 1.165) is 51.4 Å². The standard InChI is InChI=1S/C22H38O5/c1-4-5-14-22(2,26)15-10-12-18-17(19(23)16-20(18)24)11-8-6-7-9-13-21(25)27-3/h10,12,17-18,20,24,26H,4-9,11,13-16H2,1-3H3/b12-10+/t17-,18+,20+,22?/m0/s1. The Labute approximate surface area is 164 Å². The predicted molar refractivity (Wildman–Crippen MR) is 106 cm³/mol. The van der Waals surface area contributed by atoms with Crippen LogP contribution in [0.15, 0.2) is 12.2 Å². The number of rotatable bonds is 13.